The van der Waals surface area contributed by atoms with Gasteiger partial charge in [0.2, 0.25) is 0 Å². The van der Waals surface area contributed by atoms with Crippen LogP contribution in [0.4, 0.5) is 0 Å². The van der Waals surface area contributed by atoms with E-state index in [0.29, 0.717) is 19.3 Å². The van der Waals surface area contributed by atoms with Crippen LogP contribution in [0.3, 0.4) is 0 Å². The molecule has 0 aliphatic rings. The van der Waals surface area contributed by atoms with E-state index in [1.54, 1.807) is 0 Å². The molecule has 0 aromatic heterocycles. The Morgan fingerprint density at radius 2 is 0.615 bits per heavy atom. The summed E-state index contributed by atoms with van der Waals surface area (Å²) in [5.41, 5.74) is 0. The van der Waals surface area contributed by atoms with Gasteiger partial charge in [-0.25, -0.2) is 0 Å². The summed E-state index contributed by atoms with van der Waals surface area (Å²) in [6.07, 6.45) is 73.0. The predicted molar refractivity (Wildman–Crippen MR) is 279 cm³/mol. The van der Waals surface area contributed by atoms with Crippen molar-refractivity contribution < 1.29 is 28.6 Å². The van der Waals surface area contributed by atoms with E-state index in [2.05, 4.69) is 154 Å². The van der Waals surface area contributed by atoms with Gasteiger partial charge in [0.25, 0.3) is 0 Å². The summed E-state index contributed by atoms with van der Waals surface area (Å²) in [7, 11) is 0. The van der Waals surface area contributed by atoms with E-state index in [1.807, 2.05) is 0 Å². The number of hydrogen-bond donors (Lipinski definition) is 0. The second-order valence-corrected chi connectivity index (χ2v) is 16.3. The lowest BCUT2D eigenvalue weighted by molar-refractivity contribution is -0.167. The first kappa shape index (κ1) is 60.5. The first-order chi connectivity index (χ1) is 32.0. The average molecular weight is 897 g/mol. The second-order valence-electron chi connectivity index (χ2n) is 16.3. The van der Waals surface area contributed by atoms with E-state index in [0.717, 1.165) is 122 Å². The minimum Gasteiger partial charge on any atom is -0.462 e. The maximum absolute atomic E-state index is 12.8. The standard InChI is InChI=1S/C59H92O6/c1-4-7-10-13-16-19-22-25-28-29-32-34-37-40-43-46-49-52-58(61)64-55-56(65-59(62)53-50-47-44-41-38-35-31-27-24-21-18-15-12-9-6-3)54-63-57(60)51-48-45-42-39-36-33-30-26-23-20-17-14-11-8-5-2/h7,9-10,12,16-21,25-28,30-32,34,38,40-41,43,56H,4-6,8,11,13-15,22-24,29,33,35-37,39,42,44-55H2,1-3H3/b10-7-,12-9-,19-16-,20-17-,21-18-,28-25-,30-26-,31-27-,34-32-,41-38-,43-40-/t56-/m1/s1. The van der Waals surface area contributed by atoms with Crippen molar-refractivity contribution in [3.8, 4) is 0 Å². The van der Waals surface area contributed by atoms with Crippen LogP contribution in [0.1, 0.15) is 201 Å². The number of rotatable bonds is 44. The van der Waals surface area contributed by atoms with Gasteiger partial charge >= 0.3 is 17.9 Å². The van der Waals surface area contributed by atoms with E-state index in [9.17, 15) is 14.4 Å². The Morgan fingerprint density at radius 1 is 0.323 bits per heavy atom. The van der Waals surface area contributed by atoms with Crippen molar-refractivity contribution >= 4 is 17.9 Å². The summed E-state index contributed by atoms with van der Waals surface area (Å²) in [4.78, 5) is 38.0. The van der Waals surface area contributed by atoms with Gasteiger partial charge in [-0.2, -0.15) is 0 Å². The first-order valence-corrected chi connectivity index (χ1v) is 25.7. The molecule has 0 aliphatic carbocycles. The Labute approximate surface area is 398 Å². The molecule has 0 saturated heterocycles. The van der Waals surface area contributed by atoms with Crippen LogP contribution < -0.4 is 0 Å². The quantitative estimate of drug-likeness (QED) is 0.0262. The lowest BCUT2D eigenvalue weighted by Crippen LogP contribution is -2.30. The largest absolute Gasteiger partial charge is 0.462 e. The molecule has 0 aliphatic heterocycles. The fourth-order valence-corrected chi connectivity index (χ4v) is 6.32. The van der Waals surface area contributed by atoms with Crippen molar-refractivity contribution in [2.75, 3.05) is 13.2 Å². The molecule has 0 bridgehead atoms. The van der Waals surface area contributed by atoms with Crippen molar-refractivity contribution in [1.82, 2.24) is 0 Å². The lowest BCUT2D eigenvalue weighted by Gasteiger charge is -2.18. The number of carbonyl (C=O) groups excluding carboxylic acids is 3. The Bertz CT molecular complexity index is 1450. The van der Waals surface area contributed by atoms with Gasteiger partial charge < -0.3 is 14.2 Å². The number of esters is 3. The molecule has 0 spiro atoms. The Hall–Kier alpha value is -4.45. The zero-order valence-electron chi connectivity index (χ0n) is 41.4. The van der Waals surface area contributed by atoms with Gasteiger partial charge in [-0.05, 0) is 128 Å². The molecule has 0 aromatic rings. The average Bonchev–Trinajstić information content (AvgIpc) is 3.30. The molecule has 65 heavy (non-hydrogen) atoms. The first-order valence-electron chi connectivity index (χ1n) is 25.7. The molecule has 0 fully saturated rings. The summed E-state index contributed by atoms with van der Waals surface area (Å²) in [6, 6.07) is 0. The van der Waals surface area contributed by atoms with Crippen LogP contribution in [-0.4, -0.2) is 37.2 Å². The van der Waals surface area contributed by atoms with Gasteiger partial charge in [0.15, 0.2) is 6.10 Å². The molecule has 0 radical (unpaired) electrons. The molecule has 0 unspecified atom stereocenters. The van der Waals surface area contributed by atoms with Crippen LogP contribution in [0.25, 0.3) is 0 Å². The fourth-order valence-electron chi connectivity index (χ4n) is 6.32. The van der Waals surface area contributed by atoms with E-state index in [4.69, 9.17) is 14.2 Å². The van der Waals surface area contributed by atoms with Crippen LogP contribution in [-0.2, 0) is 28.6 Å². The van der Waals surface area contributed by atoms with E-state index >= 15 is 0 Å². The van der Waals surface area contributed by atoms with Crippen LogP contribution in [0.5, 0.6) is 0 Å². The second kappa shape index (κ2) is 52.2. The minimum absolute atomic E-state index is 0.125. The van der Waals surface area contributed by atoms with Gasteiger partial charge in [0.05, 0.1) is 0 Å². The summed E-state index contributed by atoms with van der Waals surface area (Å²) in [6.45, 7) is 6.26. The summed E-state index contributed by atoms with van der Waals surface area (Å²) >= 11 is 0. The molecule has 0 saturated carbocycles. The fraction of sp³-hybridized carbons (Fsp3) is 0.576. The topological polar surface area (TPSA) is 78.9 Å². The summed E-state index contributed by atoms with van der Waals surface area (Å²) in [5.74, 6) is -1.05. The smallest absolute Gasteiger partial charge is 0.306 e. The zero-order chi connectivity index (χ0) is 47.2. The highest BCUT2D eigenvalue weighted by atomic mass is 16.6. The SMILES string of the molecule is CC/C=C\C/C=C\C/C=C\C/C=C\C/C=C\CCCC(=O)OC[C@@H](COC(=O)CCCCCCC/C=C\C/C=C\CCCCC)OC(=O)CCCC/C=C\C/C=C\C/C=C\C/C=C\CC. The maximum atomic E-state index is 12.8. The number of ether oxygens (including phenoxy) is 3. The Kier molecular flexibility index (Phi) is 48.6. The summed E-state index contributed by atoms with van der Waals surface area (Å²) < 4.78 is 16.7. The van der Waals surface area contributed by atoms with E-state index in [-0.39, 0.29) is 44.0 Å². The predicted octanol–water partition coefficient (Wildman–Crippen LogP) is 17.1. The molecule has 1 atom stereocenters. The van der Waals surface area contributed by atoms with Crippen LogP contribution >= 0.6 is 0 Å². The number of unbranched alkanes of at least 4 members (excludes halogenated alkanes) is 11. The third-order valence-electron chi connectivity index (χ3n) is 10.1. The Balaban J connectivity index is 4.60. The van der Waals surface area contributed by atoms with Crippen molar-refractivity contribution in [1.29, 1.82) is 0 Å². The van der Waals surface area contributed by atoms with Crippen molar-refractivity contribution in [3.63, 3.8) is 0 Å². The molecular weight excluding hydrogens is 805 g/mol. The Morgan fingerprint density at radius 3 is 1.03 bits per heavy atom. The van der Waals surface area contributed by atoms with Crippen LogP contribution in [0, 0.1) is 0 Å². The molecule has 0 amide bonds. The number of allylic oxidation sites excluding steroid dienone is 22. The highest BCUT2D eigenvalue weighted by molar-refractivity contribution is 5.71. The maximum Gasteiger partial charge on any atom is 0.306 e. The van der Waals surface area contributed by atoms with Crippen LogP contribution in [0.15, 0.2) is 134 Å². The lowest BCUT2D eigenvalue weighted by atomic mass is 10.1. The van der Waals surface area contributed by atoms with Crippen molar-refractivity contribution in [3.05, 3.63) is 134 Å². The molecule has 0 N–H and O–H groups in total. The molecule has 0 aromatic carbocycles. The molecule has 0 rings (SSSR count). The van der Waals surface area contributed by atoms with E-state index in [1.165, 1.54) is 25.7 Å². The third kappa shape index (κ3) is 50.4. The zero-order valence-corrected chi connectivity index (χ0v) is 41.4. The number of carbonyl (C=O) groups is 3. The van der Waals surface area contributed by atoms with Gasteiger partial charge in [0.1, 0.15) is 13.2 Å². The highest BCUT2D eigenvalue weighted by Crippen LogP contribution is 2.11. The third-order valence-corrected chi connectivity index (χ3v) is 10.1. The molecule has 6 heteroatoms. The normalized spacial score (nSPS) is 13.2. The van der Waals surface area contributed by atoms with Gasteiger partial charge in [-0.1, -0.05) is 187 Å². The van der Waals surface area contributed by atoms with Crippen LogP contribution in [0.2, 0.25) is 0 Å². The summed E-state index contributed by atoms with van der Waals surface area (Å²) in [5, 5.41) is 0. The highest BCUT2D eigenvalue weighted by Gasteiger charge is 2.19. The van der Waals surface area contributed by atoms with E-state index < -0.39 is 6.10 Å². The molecule has 364 valence electrons. The molecule has 0 heterocycles. The monoisotopic (exact) mass is 897 g/mol. The molecule has 6 nitrogen and oxygen atoms in total. The molecular formula is C59H92O6. The van der Waals surface area contributed by atoms with Crippen molar-refractivity contribution in [2.45, 2.75) is 207 Å². The number of hydrogen-bond acceptors (Lipinski definition) is 6. The van der Waals surface area contributed by atoms with Gasteiger partial charge in [0, 0.05) is 19.3 Å². The van der Waals surface area contributed by atoms with Gasteiger partial charge in [-0.15, -0.1) is 0 Å². The van der Waals surface area contributed by atoms with Gasteiger partial charge in [-0.3, -0.25) is 14.4 Å². The minimum atomic E-state index is -0.833. The van der Waals surface area contributed by atoms with Crippen molar-refractivity contribution in [2.24, 2.45) is 0 Å².